The van der Waals surface area contributed by atoms with E-state index >= 15 is 0 Å². The number of aryl methyl sites for hydroxylation is 2. The minimum Gasteiger partial charge on any atom is -0.122 e. The summed E-state index contributed by atoms with van der Waals surface area (Å²) in [5.41, 5.74) is 5.16. The molecule has 0 aliphatic rings. The third-order valence-electron chi connectivity index (χ3n) is 2.49. The van der Waals surface area contributed by atoms with Crippen molar-refractivity contribution in [1.29, 1.82) is 0 Å². The first-order valence-corrected chi connectivity index (χ1v) is 5.91. The van der Waals surface area contributed by atoms with Crippen molar-refractivity contribution < 1.29 is 0 Å². The summed E-state index contributed by atoms with van der Waals surface area (Å²) in [6.45, 7) is 8.61. The van der Waals surface area contributed by atoms with E-state index in [1.165, 1.54) is 22.3 Å². The molecule has 0 saturated carbocycles. The van der Waals surface area contributed by atoms with Crippen molar-refractivity contribution in [3.05, 3.63) is 40.5 Å². The van der Waals surface area contributed by atoms with Gasteiger partial charge in [0.2, 0.25) is 0 Å². The van der Waals surface area contributed by atoms with Gasteiger partial charge in [-0.1, -0.05) is 54.8 Å². The molecule has 0 bridgehead atoms. The van der Waals surface area contributed by atoms with Crippen LogP contribution in [0, 0.1) is 19.8 Å². The van der Waals surface area contributed by atoms with Crippen LogP contribution in [0.15, 0.2) is 23.8 Å². The summed E-state index contributed by atoms with van der Waals surface area (Å²) in [4.78, 5) is 0. The summed E-state index contributed by atoms with van der Waals surface area (Å²) in [7, 11) is 0. The first-order chi connectivity index (χ1) is 7.02. The number of allylic oxidation sites excluding steroid dienone is 1. The van der Waals surface area contributed by atoms with Gasteiger partial charge in [0.25, 0.3) is 0 Å². The van der Waals surface area contributed by atoms with Crippen molar-refractivity contribution >= 4 is 17.7 Å². The highest BCUT2D eigenvalue weighted by Crippen LogP contribution is 2.18. The Kier molecular flexibility index (Phi) is 4.41. The van der Waals surface area contributed by atoms with E-state index in [0.717, 1.165) is 0 Å². The average molecular weight is 223 g/mol. The van der Waals surface area contributed by atoms with Crippen LogP contribution in [-0.2, 0) is 0 Å². The summed E-state index contributed by atoms with van der Waals surface area (Å²) >= 11 is 5.92. The molecule has 0 nitrogen and oxygen atoms in total. The highest BCUT2D eigenvalue weighted by atomic mass is 35.5. The molecular formula is C14H19Cl. The lowest BCUT2D eigenvalue weighted by atomic mass is 10.00. The summed E-state index contributed by atoms with van der Waals surface area (Å²) < 4.78 is 0. The Morgan fingerprint density at radius 3 is 2.13 bits per heavy atom. The second-order valence-electron chi connectivity index (χ2n) is 4.43. The molecule has 0 unspecified atom stereocenters. The van der Waals surface area contributed by atoms with Gasteiger partial charge >= 0.3 is 0 Å². The molecule has 0 aliphatic heterocycles. The number of halogens is 1. The van der Waals surface area contributed by atoms with Crippen LogP contribution >= 0.6 is 11.6 Å². The van der Waals surface area contributed by atoms with E-state index < -0.39 is 0 Å². The van der Waals surface area contributed by atoms with E-state index in [9.17, 15) is 0 Å². The van der Waals surface area contributed by atoms with E-state index in [0.29, 0.717) is 11.8 Å². The van der Waals surface area contributed by atoms with Crippen molar-refractivity contribution in [3.63, 3.8) is 0 Å². The summed E-state index contributed by atoms with van der Waals surface area (Å²) in [6, 6.07) is 6.58. The van der Waals surface area contributed by atoms with Gasteiger partial charge in [-0.15, -0.1) is 11.6 Å². The smallest absolute Gasteiger partial charge is 0.0439 e. The molecule has 0 fully saturated rings. The summed E-state index contributed by atoms with van der Waals surface area (Å²) in [5.74, 6) is 1.13. The van der Waals surface area contributed by atoms with E-state index in [1.807, 2.05) is 0 Å². The monoisotopic (exact) mass is 222 g/mol. The van der Waals surface area contributed by atoms with Crippen LogP contribution < -0.4 is 0 Å². The zero-order valence-electron chi connectivity index (χ0n) is 9.97. The number of rotatable bonds is 3. The zero-order chi connectivity index (χ0) is 11.4. The number of benzene rings is 1. The third kappa shape index (κ3) is 3.71. The standard InChI is InChI=1S/C14H19Cl/c1-10(2)14(9-15)8-13-6-11(3)5-12(4)7-13/h5-8,10H,9H2,1-4H3. The Morgan fingerprint density at radius 1 is 1.20 bits per heavy atom. The number of hydrogen-bond acceptors (Lipinski definition) is 0. The molecule has 0 aromatic heterocycles. The molecule has 15 heavy (non-hydrogen) atoms. The van der Waals surface area contributed by atoms with Gasteiger partial charge in [0.1, 0.15) is 0 Å². The van der Waals surface area contributed by atoms with E-state index in [1.54, 1.807) is 0 Å². The fraction of sp³-hybridized carbons (Fsp3) is 0.429. The second kappa shape index (κ2) is 5.37. The topological polar surface area (TPSA) is 0 Å². The van der Waals surface area contributed by atoms with E-state index in [2.05, 4.69) is 52.0 Å². The van der Waals surface area contributed by atoms with Gasteiger partial charge in [0.05, 0.1) is 0 Å². The van der Waals surface area contributed by atoms with Gasteiger partial charge in [-0.2, -0.15) is 0 Å². The van der Waals surface area contributed by atoms with Gasteiger partial charge in [0, 0.05) is 5.88 Å². The maximum Gasteiger partial charge on any atom is 0.0439 e. The Morgan fingerprint density at radius 2 is 1.73 bits per heavy atom. The molecule has 1 aromatic carbocycles. The van der Waals surface area contributed by atoms with E-state index in [4.69, 9.17) is 11.6 Å². The molecule has 1 heteroatoms. The molecule has 0 aliphatic carbocycles. The normalized spacial score (nSPS) is 12.3. The Balaban J connectivity index is 3.05. The van der Waals surface area contributed by atoms with Crippen LogP contribution in [0.25, 0.3) is 6.08 Å². The molecule has 0 saturated heterocycles. The van der Waals surface area contributed by atoms with Crippen molar-refractivity contribution in [2.45, 2.75) is 27.7 Å². The lowest BCUT2D eigenvalue weighted by Gasteiger charge is -2.08. The molecule has 0 atom stereocenters. The lowest BCUT2D eigenvalue weighted by molar-refractivity contribution is 0.778. The van der Waals surface area contributed by atoms with Crippen LogP contribution in [0.3, 0.4) is 0 Å². The molecule has 1 rings (SSSR count). The Hall–Kier alpha value is -0.750. The fourth-order valence-electron chi connectivity index (χ4n) is 1.67. The number of alkyl halides is 1. The Labute approximate surface area is 98.0 Å². The highest BCUT2D eigenvalue weighted by molar-refractivity contribution is 6.19. The minimum absolute atomic E-state index is 0.517. The van der Waals surface area contributed by atoms with Crippen LogP contribution in [0.5, 0.6) is 0 Å². The maximum absolute atomic E-state index is 5.92. The average Bonchev–Trinajstić information content (AvgIpc) is 2.12. The molecule has 0 heterocycles. The van der Waals surface area contributed by atoms with Crippen molar-refractivity contribution in [1.82, 2.24) is 0 Å². The predicted molar refractivity (Wildman–Crippen MR) is 69.5 cm³/mol. The van der Waals surface area contributed by atoms with Crippen molar-refractivity contribution in [3.8, 4) is 0 Å². The van der Waals surface area contributed by atoms with Gasteiger partial charge in [-0.25, -0.2) is 0 Å². The molecule has 1 aromatic rings. The van der Waals surface area contributed by atoms with Crippen LogP contribution in [-0.4, -0.2) is 5.88 Å². The van der Waals surface area contributed by atoms with Crippen molar-refractivity contribution in [2.75, 3.05) is 5.88 Å². The van der Waals surface area contributed by atoms with Gasteiger partial charge in [-0.3, -0.25) is 0 Å². The molecule has 0 N–H and O–H groups in total. The van der Waals surface area contributed by atoms with Crippen molar-refractivity contribution in [2.24, 2.45) is 5.92 Å². The van der Waals surface area contributed by atoms with Gasteiger partial charge < -0.3 is 0 Å². The van der Waals surface area contributed by atoms with Crippen LogP contribution in [0.4, 0.5) is 0 Å². The number of hydrogen-bond donors (Lipinski definition) is 0. The first-order valence-electron chi connectivity index (χ1n) is 5.37. The van der Waals surface area contributed by atoms with Crippen LogP contribution in [0.1, 0.15) is 30.5 Å². The van der Waals surface area contributed by atoms with Crippen LogP contribution in [0.2, 0.25) is 0 Å². The van der Waals surface area contributed by atoms with Gasteiger partial charge in [-0.05, 0) is 25.3 Å². The first kappa shape index (κ1) is 12.3. The maximum atomic E-state index is 5.92. The third-order valence-corrected chi connectivity index (χ3v) is 2.80. The predicted octanol–water partition coefficient (Wildman–Crippen LogP) is 4.58. The Bertz CT molecular complexity index is 341. The van der Waals surface area contributed by atoms with Gasteiger partial charge in [0.15, 0.2) is 0 Å². The lowest BCUT2D eigenvalue weighted by Crippen LogP contribution is -1.95. The molecular weight excluding hydrogens is 204 g/mol. The quantitative estimate of drug-likeness (QED) is 0.657. The molecule has 0 amide bonds. The minimum atomic E-state index is 0.517. The summed E-state index contributed by atoms with van der Waals surface area (Å²) in [6.07, 6.45) is 2.21. The SMILES string of the molecule is Cc1cc(C)cc(C=C(CCl)C(C)C)c1. The van der Waals surface area contributed by atoms with E-state index in [-0.39, 0.29) is 0 Å². The largest absolute Gasteiger partial charge is 0.122 e. The summed E-state index contributed by atoms with van der Waals surface area (Å²) in [5, 5.41) is 0. The molecule has 0 spiro atoms. The molecule has 0 radical (unpaired) electrons. The zero-order valence-corrected chi connectivity index (χ0v) is 10.7. The second-order valence-corrected chi connectivity index (χ2v) is 4.70. The highest BCUT2D eigenvalue weighted by Gasteiger charge is 2.02. The molecule has 82 valence electrons. The fourth-order valence-corrected chi connectivity index (χ4v) is 2.05.